The molecule has 7 aliphatic rings. The van der Waals surface area contributed by atoms with Crippen LogP contribution in [0.3, 0.4) is 0 Å². The number of likely N-dealkylation sites (N-methyl/N-ethyl adjacent to an activating group) is 1. The molecule has 440 valence electrons. The first-order chi connectivity index (χ1) is 33.7. The Morgan fingerprint density at radius 3 is 0.608 bits per heavy atom. The van der Waals surface area contributed by atoms with Gasteiger partial charge in [0.25, 0.3) is 0 Å². The number of piperidine rings is 3. The molecule has 0 bridgehead atoms. The largest absolute Gasteiger partial charge is 0.304 e. The Kier molecular flexibility index (Phi) is 30.9. The summed E-state index contributed by atoms with van der Waals surface area (Å²) in [5.41, 5.74) is 3.07. The molecule has 10 heteroatoms. The highest BCUT2D eigenvalue weighted by atomic mass is 15.3. The van der Waals surface area contributed by atoms with E-state index in [1.165, 1.54) is 182 Å². The van der Waals surface area contributed by atoms with Crippen LogP contribution in [0.5, 0.6) is 0 Å². The van der Waals surface area contributed by atoms with Gasteiger partial charge < -0.3 is 4.90 Å². The first kappa shape index (κ1) is 70.9. The average Bonchev–Trinajstić information content (AvgIpc) is 3.69. The van der Waals surface area contributed by atoms with Gasteiger partial charge in [0.1, 0.15) is 17.9 Å². The number of imidazole rings is 1. The number of hydrogen-bond acceptors (Lipinski definition) is 8. The summed E-state index contributed by atoms with van der Waals surface area (Å²) in [6.07, 6.45) is 22.8. The zero-order chi connectivity index (χ0) is 56.8. The molecule has 7 aliphatic heterocycles. The molecule has 7 saturated heterocycles. The minimum absolute atomic E-state index is 0.208. The van der Waals surface area contributed by atoms with Crippen molar-refractivity contribution >= 4 is 0 Å². The molecule has 0 radical (unpaired) electrons. The monoisotopic (exact) mass is 1040 g/mol. The SMILES string of the molecule is CC(C)(C)N1CC1.CC(C)(C)N1CCC1.CC(C)(C)N1CCCC1.CC(C)(C)N1CCCCC1.CC(C)(C)N1CCCCC1.CC(C)(C)N1CCCCC1.CC(C)(C)[n+]1cc[nH]c1.CN1CCN(C(C)(C)C)CC1. The molecule has 1 aromatic heterocycles. The van der Waals surface area contributed by atoms with Crippen molar-refractivity contribution in [2.45, 2.75) is 288 Å². The molecule has 0 amide bonds. The first-order valence-electron chi connectivity index (χ1n) is 30.7. The topological polar surface area (TPSA) is 45.4 Å². The number of hydrogen-bond donors (Lipinski definition) is 1. The second kappa shape index (κ2) is 32.2. The predicted octanol–water partition coefficient (Wildman–Crippen LogP) is 13.4. The summed E-state index contributed by atoms with van der Waals surface area (Å²) in [5, 5.41) is 0. The van der Waals surface area contributed by atoms with Gasteiger partial charge in [-0.3, -0.25) is 39.3 Å². The second-order valence-corrected chi connectivity index (χ2v) is 30.8. The van der Waals surface area contributed by atoms with Gasteiger partial charge in [-0.15, -0.1) is 0 Å². The van der Waals surface area contributed by atoms with Crippen LogP contribution in [0.2, 0.25) is 0 Å². The summed E-state index contributed by atoms with van der Waals surface area (Å²) in [4.78, 5) is 23.2. The maximum Gasteiger partial charge on any atom is 0.241 e. The first-order valence-corrected chi connectivity index (χ1v) is 30.7. The van der Waals surface area contributed by atoms with Gasteiger partial charge in [0.05, 0.1) is 0 Å². The average molecular weight is 1040 g/mol. The highest BCUT2D eigenvalue weighted by Crippen LogP contribution is 2.24. The van der Waals surface area contributed by atoms with Crippen LogP contribution in [-0.4, -0.2) is 195 Å². The van der Waals surface area contributed by atoms with Crippen LogP contribution in [0.4, 0.5) is 0 Å². The van der Waals surface area contributed by atoms with E-state index in [0.717, 1.165) is 0 Å². The van der Waals surface area contributed by atoms with E-state index in [-0.39, 0.29) is 5.54 Å². The van der Waals surface area contributed by atoms with Gasteiger partial charge in [0, 0.05) is 78.0 Å². The molecule has 0 atom stereocenters. The van der Waals surface area contributed by atoms with E-state index in [0.29, 0.717) is 38.8 Å². The summed E-state index contributed by atoms with van der Waals surface area (Å²) in [6, 6.07) is 0. The fourth-order valence-electron chi connectivity index (χ4n) is 9.97. The van der Waals surface area contributed by atoms with Gasteiger partial charge in [0.15, 0.2) is 0 Å². The zero-order valence-corrected chi connectivity index (χ0v) is 55.1. The minimum Gasteiger partial charge on any atom is -0.304 e. The lowest BCUT2D eigenvalue weighted by atomic mass is 10.0. The molecule has 0 spiro atoms. The van der Waals surface area contributed by atoms with Crippen molar-refractivity contribution in [1.29, 1.82) is 0 Å². The molecule has 8 heterocycles. The molecule has 74 heavy (non-hydrogen) atoms. The summed E-state index contributed by atoms with van der Waals surface area (Å²) in [5.74, 6) is 0. The van der Waals surface area contributed by atoms with Crippen LogP contribution >= 0.6 is 0 Å². The molecular weight excluding hydrogens is 909 g/mol. The number of nitrogens with zero attached hydrogens (tertiary/aromatic N) is 9. The number of likely N-dealkylation sites (tertiary alicyclic amines) is 5. The number of nitrogens with one attached hydrogen (secondary N) is 1. The number of rotatable bonds is 0. The molecule has 10 nitrogen and oxygen atoms in total. The second-order valence-electron chi connectivity index (χ2n) is 30.8. The molecule has 8 rings (SSSR count). The maximum absolute atomic E-state index is 3.00. The van der Waals surface area contributed by atoms with Gasteiger partial charge in [-0.2, -0.15) is 0 Å². The van der Waals surface area contributed by atoms with Crippen molar-refractivity contribution in [3.05, 3.63) is 18.7 Å². The summed E-state index contributed by atoms with van der Waals surface area (Å²) in [7, 11) is 2.19. The van der Waals surface area contributed by atoms with E-state index in [9.17, 15) is 0 Å². The van der Waals surface area contributed by atoms with Gasteiger partial charge in [-0.05, 0) is 296 Å². The molecule has 7 fully saturated rings. The fraction of sp³-hybridized carbons (Fsp3) is 0.953. The number of piperazine rings is 1. The van der Waals surface area contributed by atoms with Crippen molar-refractivity contribution < 1.29 is 4.57 Å². The van der Waals surface area contributed by atoms with Crippen LogP contribution in [0.15, 0.2) is 18.7 Å². The Balaban J connectivity index is 0.000000424. The molecule has 0 saturated carbocycles. The van der Waals surface area contributed by atoms with E-state index < -0.39 is 0 Å². The fourth-order valence-corrected chi connectivity index (χ4v) is 9.97. The normalized spacial score (nSPS) is 21.8. The van der Waals surface area contributed by atoms with Crippen LogP contribution in [0, 0.1) is 0 Å². The highest BCUT2D eigenvalue weighted by Gasteiger charge is 2.30. The summed E-state index contributed by atoms with van der Waals surface area (Å²) >= 11 is 0. The van der Waals surface area contributed by atoms with Crippen LogP contribution in [0.1, 0.15) is 243 Å². The zero-order valence-electron chi connectivity index (χ0n) is 55.1. The van der Waals surface area contributed by atoms with Gasteiger partial charge >= 0.3 is 0 Å². The van der Waals surface area contributed by atoms with Crippen molar-refractivity contribution in [1.82, 2.24) is 44.2 Å². The molecule has 0 aliphatic carbocycles. The van der Waals surface area contributed by atoms with Gasteiger partial charge in [-0.25, -0.2) is 4.57 Å². The maximum atomic E-state index is 3.00. The van der Waals surface area contributed by atoms with Crippen molar-refractivity contribution in [3.8, 4) is 0 Å². The Morgan fingerprint density at radius 1 is 0.270 bits per heavy atom. The Morgan fingerprint density at radius 2 is 0.473 bits per heavy atom. The molecule has 0 unspecified atom stereocenters. The van der Waals surface area contributed by atoms with E-state index in [2.05, 4.69) is 222 Å². The highest BCUT2D eigenvalue weighted by molar-refractivity contribution is 4.87. The summed E-state index contributed by atoms with van der Waals surface area (Å²) < 4.78 is 2.13. The van der Waals surface area contributed by atoms with E-state index >= 15 is 0 Å². The smallest absolute Gasteiger partial charge is 0.241 e. The number of H-pyrrole nitrogens is 1. The van der Waals surface area contributed by atoms with Crippen LogP contribution < -0.4 is 4.57 Å². The standard InChI is InChI=1S/C9H20N2.3C9H19N.C8H17N.C7H12N2.C7H15N.C6H13N/c1-9(2,3)11-7-5-10(4)6-8-11;3*1-9(2,3)10-7-5-4-6-8-10;1-8(2,3)9-6-4-5-7-9;1-7(2,3)9-5-4-8-6-9;1-7(2,3)8-5-4-6-8;1-6(2,3)7-4-5-7/h5-8H2,1-4H3;3*4-8H2,1-3H3;4-7H2,1-3H3;4-6H,1-3H3;4-6H2,1-3H3;4-5H2,1-3H3/p+1. The number of aromatic nitrogens is 2. The summed E-state index contributed by atoms with van der Waals surface area (Å²) in [6.45, 7) is 75.1. The molecule has 0 aromatic carbocycles. The molecule has 1 N–H and O–H groups in total. The Labute approximate surface area is 464 Å². The Bertz CT molecular complexity index is 1430. The lowest BCUT2D eigenvalue weighted by Crippen LogP contribution is -2.52. The van der Waals surface area contributed by atoms with Crippen LogP contribution in [0.25, 0.3) is 0 Å². The third-order valence-electron chi connectivity index (χ3n) is 15.9. The van der Waals surface area contributed by atoms with E-state index in [4.69, 9.17) is 0 Å². The third kappa shape index (κ3) is 32.1. The third-order valence-corrected chi connectivity index (χ3v) is 15.9. The van der Waals surface area contributed by atoms with E-state index in [1.807, 2.05) is 18.7 Å². The minimum atomic E-state index is 0.208. The van der Waals surface area contributed by atoms with Gasteiger partial charge in [0.2, 0.25) is 6.33 Å². The molecule has 1 aromatic rings. The lowest BCUT2D eigenvalue weighted by Gasteiger charge is -2.42. The van der Waals surface area contributed by atoms with Gasteiger partial charge in [-0.1, -0.05) is 19.3 Å². The Hall–Kier alpha value is -1.11. The lowest BCUT2D eigenvalue weighted by molar-refractivity contribution is -0.752. The molecular formula is C64H135N10+. The van der Waals surface area contributed by atoms with Crippen LogP contribution in [-0.2, 0) is 5.54 Å². The quantitative estimate of drug-likeness (QED) is 0.204. The van der Waals surface area contributed by atoms with Crippen molar-refractivity contribution in [2.24, 2.45) is 0 Å². The van der Waals surface area contributed by atoms with Crippen molar-refractivity contribution in [3.63, 3.8) is 0 Å². The predicted molar refractivity (Wildman–Crippen MR) is 328 cm³/mol. The van der Waals surface area contributed by atoms with Crippen molar-refractivity contribution in [2.75, 3.05) is 112 Å². The number of aromatic amines is 1. The van der Waals surface area contributed by atoms with E-state index in [1.54, 1.807) is 0 Å².